The van der Waals surface area contributed by atoms with Crippen molar-refractivity contribution in [1.82, 2.24) is 9.97 Å². The lowest BCUT2D eigenvalue weighted by atomic mass is 9.88. The van der Waals surface area contributed by atoms with E-state index in [-0.39, 0.29) is 11.5 Å². The second-order valence-corrected chi connectivity index (χ2v) is 5.40. The first-order chi connectivity index (χ1) is 7.38. The molecule has 0 aliphatic heterocycles. The van der Waals surface area contributed by atoms with Crippen molar-refractivity contribution in [1.29, 1.82) is 0 Å². The second-order valence-electron chi connectivity index (χ2n) is 5.40. The highest BCUT2D eigenvalue weighted by Crippen LogP contribution is 2.20. The average molecular weight is 222 g/mol. The fourth-order valence-electron chi connectivity index (χ4n) is 1.67. The molecule has 0 saturated carbocycles. The van der Waals surface area contributed by atoms with E-state index in [1.165, 1.54) is 0 Å². The first-order valence-corrected chi connectivity index (χ1v) is 5.65. The molecule has 0 spiro atoms. The van der Waals surface area contributed by atoms with Crippen molar-refractivity contribution < 1.29 is 0 Å². The molecule has 0 aliphatic rings. The van der Waals surface area contributed by atoms with E-state index in [1.807, 2.05) is 6.92 Å². The Kier molecular flexibility index (Phi) is 4.24. The third-order valence-electron chi connectivity index (χ3n) is 2.29. The third-order valence-corrected chi connectivity index (χ3v) is 2.29. The van der Waals surface area contributed by atoms with Crippen LogP contribution >= 0.6 is 0 Å². The largest absolute Gasteiger partial charge is 0.367 e. The molecule has 0 amide bonds. The lowest BCUT2D eigenvalue weighted by Crippen LogP contribution is -2.33. The highest BCUT2D eigenvalue weighted by atomic mass is 15.0. The number of anilines is 1. The van der Waals surface area contributed by atoms with Gasteiger partial charge < -0.3 is 11.1 Å². The van der Waals surface area contributed by atoms with Crippen LogP contribution < -0.4 is 11.1 Å². The Morgan fingerprint density at radius 2 is 1.94 bits per heavy atom. The molecule has 4 heteroatoms. The SMILES string of the molecule is Cc1nccnc1NCC(N)CC(C)(C)C. The number of aromatic nitrogens is 2. The molecule has 1 atom stereocenters. The Morgan fingerprint density at radius 1 is 1.31 bits per heavy atom. The highest BCUT2D eigenvalue weighted by molar-refractivity contribution is 5.38. The number of nitrogens with one attached hydrogen (secondary N) is 1. The van der Waals surface area contributed by atoms with E-state index < -0.39 is 0 Å². The number of hydrogen-bond donors (Lipinski definition) is 2. The summed E-state index contributed by atoms with van der Waals surface area (Å²) < 4.78 is 0. The van der Waals surface area contributed by atoms with Crippen molar-refractivity contribution in [2.75, 3.05) is 11.9 Å². The summed E-state index contributed by atoms with van der Waals surface area (Å²) in [6.07, 6.45) is 4.36. The van der Waals surface area contributed by atoms with Crippen LogP contribution in [0.4, 0.5) is 5.82 Å². The number of rotatable bonds is 4. The fraction of sp³-hybridized carbons (Fsp3) is 0.667. The smallest absolute Gasteiger partial charge is 0.147 e. The number of nitrogens with two attached hydrogens (primary N) is 1. The van der Waals surface area contributed by atoms with Gasteiger partial charge in [0.15, 0.2) is 0 Å². The maximum atomic E-state index is 6.05. The van der Waals surface area contributed by atoms with E-state index >= 15 is 0 Å². The van der Waals surface area contributed by atoms with Crippen LogP contribution in [0.2, 0.25) is 0 Å². The van der Waals surface area contributed by atoms with E-state index in [9.17, 15) is 0 Å². The van der Waals surface area contributed by atoms with Gasteiger partial charge in [-0.15, -0.1) is 0 Å². The summed E-state index contributed by atoms with van der Waals surface area (Å²) >= 11 is 0. The minimum Gasteiger partial charge on any atom is -0.367 e. The lowest BCUT2D eigenvalue weighted by Gasteiger charge is -2.23. The van der Waals surface area contributed by atoms with Crippen LogP contribution in [0.1, 0.15) is 32.9 Å². The Balaban J connectivity index is 2.43. The van der Waals surface area contributed by atoms with Gasteiger partial charge in [0.05, 0.1) is 5.69 Å². The molecule has 90 valence electrons. The molecule has 0 aromatic carbocycles. The van der Waals surface area contributed by atoms with E-state index in [4.69, 9.17) is 5.73 Å². The molecule has 1 aromatic rings. The summed E-state index contributed by atoms with van der Waals surface area (Å²) in [6, 6.07) is 0.140. The predicted octanol–water partition coefficient (Wildman–Crippen LogP) is 1.96. The topological polar surface area (TPSA) is 63.8 Å². The van der Waals surface area contributed by atoms with Crippen LogP contribution in [-0.4, -0.2) is 22.6 Å². The second kappa shape index (κ2) is 5.25. The monoisotopic (exact) mass is 222 g/mol. The zero-order valence-corrected chi connectivity index (χ0v) is 10.6. The Labute approximate surface area is 97.7 Å². The Morgan fingerprint density at radius 3 is 2.50 bits per heavy atom. The van der Waals surface area contributed by atoms with Gasteiger partial charge in [-0.1, -0.05) is 20.8 Å². The van der Waals surface area contributed by atoms with Crippen molar-refractivity contribution >= 4 is 5.82 Å². The summed E-state index contributed by atoms with van der Waals surface area (Å²) in [5.41, 5.74) is 7.22. The highest BCUT2D eigenvalue weighted by Gasteiger charge is 2.15. The zero-order chi connectivity index (χ0) is 12.2. The van der Waals surface area contributed by atoms with E-state index in [1.54, 1.807) is 12.4 Å². The summed E-state index contributed by atoms with van der Waals surface area (Å²) in [7, 11) is 0. The Hall–Kier alpha value is -1.16. The van der Waals surface area contributed by atoms with Crippen molar-refractivity contribution in [3.8, 4) is 0 Å². The molecule has 1 aromatic heterocycles. The standard InChI is InChI=1S/C12H22N4/c1-9-11(15-6-5-14-9)16-8-10(13)7-12(2,3)4/h5-6,10H,7-8,13H2,1-4H3,(H,15,16). The molecule has 1 rings (SSSR count). The molecule has 16 heavy (non-hydrogen) atoms. The van der Waals surface area contributed by atoms with Crippen LogP contribution in [0, 0.1) is 12.3 Å². The van der Waals surface area contributed by atoms with Gasteiger partial charge in [0.25, 0.3) is 0 Å². The van der Waals surface area contributed by atoms with Gasteiger partial charge in [-0.25, -0.2) is 4.98 Å². The first kappa shape index (κ1) is 12.9. The maximum absolute atomic E-state index is 6.05. The van der Waals surface area contributed by atoms with Crippen LogP contribution in [-0.2, 0) is 0 Å². The minimum atomic E-state index is 0.140. The predicted molar refractivity (Wildman–Crippen MR) is 67.3 cm³/mol. The molecule has 0 radical (unpaired) electrons. The molecule has 0 aliphatic carbocycles. The van der Waals surface area contributed by atoms with Gasteiger partial charge in [0, 0.05) is 25.0 Å². The molecular formula is C12H22N4. The number of hydrogen-bond acceptors (Lipinski definition) is 4. The van der Waals surface area contributed by atoms with E-state index in [0.29, 0.717) is 0 Å². The zero-order valence-electron chi connectivity index (χ0n) is 10.6. The minimum absolute atomic E-state index is 0.140. The van der Waals surface area contributed by atoms with Gasteiger partial charge in [-0.2, -0.15) is 0 Å². The lowest BCUT2D eigenvalue weighted by molar-refractivity contribution is 0.344. The molecule has 1 heterocycles. The molecule has 0 fully saturated rings. The van der Waals surface area contributed by atoms with Crippen molar-refractivity contribution in [2.24, 2.45) is 11.1 Å². The van der Waals surface area contributed by atoms with E-state index in [0.717, 1.165) is 24.5 Å². The third kappa shape index (κ3) is 4.57. The van der Waals surface area contributed by atoms with Gasteiger partial charge >= 0.3 is 0 Å². The molecular weight excluding hydrogens is 200 g/mol. The van der Waals surface area contributed by atoms with Crippen molar-refractivity contribution in [3.05, 3.63) is 18.1 Å². The maximum Gasteiger partial charge on any atom is 0.147 e. The van der Waals surface area contributed by atoms with Gasteiger partial charge in [-0.05, 0) is 18.8 Å². The first-order valence-electron chi connectivity index (χ1n) is 5.65. The van der Waals surface area contributed by atoms with E-state index in [2.05, 4.69) is 36.1 Å². The summed E-state index contributed by atoms with van der Waals surface area (Å²) in [4.78, 5) is 8.38. The van der Waals surface area contributed by atoms with Crippen LogP contribution in [0.3, 0.4) is 0 Å². The fourth-order valence-corrected chi connectivity index (χ4v) is 1.67. The molecule has 4 nitrogen and oxygen atoms in total. The number of nitrogens with zero attached hydrogens (tertiary/aromatic N) is 2. The van der Waals surface area contributed by atoms with Crippen molar-refractivity contribution in [3.63, 3.8) is 0 Å². The summed E-state index contributed by atoms with van der Waals surface area (Å²) in [6.45, 7) is 9.25. The van der Waals surface area contributed by atoms with Gasteiger partial charge in [0.2, 0.25) is 0 Å². The summed E-state index contributed by atoms with van der Waals surface area (Å²) in [5, 5.41) is 3.24. The molecule has 0 saturated heterocycles. The quantitative estimate of drug-likeness (QED) is 0.817. The molecule has 3 N–H and O–H groups in total. The van der Waals surface area contributed by atoms with Crippen molar-refractivity contribution in [2.45, 2.75) is 40.2 Å². The van der Waals surface area contributed by atoms with Crippen LogP contribution in [0.25, 0.3) is 0 Å². The normalized spacial score (nSPS) is 13.6. The Bertz CT molecular complexity index is 330. The van der Waals surface area contributed by atoms with Gasteiger partial charge in [-0.3, -0.25) is 4.98 Å². The summed E-state index contributed by atoms with van der Waals surface area (Å²) in [5.74, 6) is 0.826. The average Bonchev–Trinajstić information content (AvgIpc) is 2.14. The molecule has 1 unspecified atom stereocenters. The van der Waals surface area contributed by atoms with Crippen LogP contribution in [0.15, 0.2) is 12.4 Å². The number of aryl methyl sites for hydroxylation is 1. The molecule has 0 bridgehead atoms. The van der Waals surface area contributed by atoms with Gasteiger partial charge in [0.1, 0.15) is 5.82 Å². The van der Waals surface area contributed by atoms with Crippen LogP contribution in [0.5, 0.6) is 0 Å².